The highest BCUT2D eigenvalue weighted by Gasteiger charge is 2.29. The van der Waals surface area contributed by atoms with Crippen molar-refractivity contribution < 1.29 is 14.2 Å². The lowest BCUT2D eigenvalue weighted by Crippen LogP contribution is -2.24. The quantitative estimate of drug-likeness (QED) is 0.527. The fourth-order valence-electron chi connectivity index (χ4n) is 2.99. The van der Waals surface area contributed by atoms with Gasteiger partial charge >= 0.3 is 0 Å². The molecule has 0 spiro atoms. The van der Waals surface area contributed by atoms with Crippen LogP contribution in [-0.4, -0.2) is 31.6 Å². The first-order valence-corrected chi connectivity index (χ1v) is 8.79. The van der Waals surface area contributed by atoms with Gasteiger partial charge in [0.05, 0.1) is 0 Å². The molecule has 0 aliphatic carbocycles. The molecule has 1 aromatic carbocycles. The Morgan fingerprint density at radius 3 is 2.65 bits per heavy atom. The van der Waals surface area contributed by atoms with Crippen LogP contribution >= 0.6 is 0 Å². The zero-order valence-corrected chi connectivity index (χ0v) is 15.0. The minimum Gasteiger partial charge on any atom is -0.487 e. The van der Waals surface area contributed by atoms with Gasteiger partial charge in [-0.15, -0.1) is 0 Å². The van der Waals surface area contributed by atoms with Gasteiger partial charge in [0.25, 0.3) is 0 Å². The van der Waals surface area contributed by atoms with Gasteiger partial charge < -0.3 is 19.5 Å². The monoisotopic (exact) mass is 321 g/mol. The number of nitrogens with one attached hydrogen (secondary N) is 1. The second kappa shape index (κ2) is 8.67. The highest BCUT2D eigenvalue weighted by Crippen LogP contribution is 2.35. The van der Waals surface area contributed by atoms with Gasteiger partial charge in [0.15, 0.2) is 6.29 Å². The maximum atomic E-state index is 5.92. The zero-order chi connectivity index (χ0) is 16.7. The predicted molar refractivity (Wildman–Crippen MR) is 92.8 cm³/mol. The van der Waals surface area contributed by atoms with E-state index in [1.807, 2.05) is 13.8 Å². The molecule has 1 aliphatic heterocycles. The lowest BCUT2D eigenvalue weighted by Gasteiger charge is -2.16. The van der Waals surface area contributed by atoms with Crippen LogP contribution in [0.1, 0.15) is 51.7 Å². The number of ether oxygens (including phenoxy) is 3. The van der Waals surface area contributed by atoms with E-state index in [0.717, 1.165) is 38.1 Å². The summed E-state index contributed by atoms with van der Waals surface area (Å²) in [6.07, 6.45) is 2.90. The van der Waals surface area contributed by atoms with E-state index in [4.69, 9.17) is 14.2 Å². The van der Waals surface area contributed by atoms with Crippen molar-refractivity contribution in [3.63, 3.8) is 0 Å². The van der Waals surface area contributed by atoms with Gasteiger partial charge in [0.1, 0.15) is 11.4 Å². The Morgan fingerprint density at radius 1 is 1.22 bits per heavy atom. The van der Waals surface area contributed by atoms with Gasteiger partial charge in [-0.2, -0.15) is 0 Å². The van der Waals surface area contributed by atoms with Gasteiger partial charge in [-0.3, -0.25) is 0 Å². The minimum absolute atomic E-state index is 0.0637. The van der Waals surface area contributed by atoms with Crippen LogP contribution in [0.5, 0.6) is 5.75 Å². The van der Waals surface area contributed by atoms with Crippen molar-refractivity contribution in [1.29, 1.82) is 0 Å². The molecule has 2 rings (SSSR count). The summed E-state index contributed by atoms with van der Waals surface area (Å²) in [6, 6.07) is 6.51. The predicted octanol–water partition coefficient (Wildman–Crippen LogP) is 3.67. The van der Waals surface area contributed by atoms with E-state index in [9.17, 15) is 0 Å². The van der Waals surface area contributed by atoms with E-state index in [-0.39, 0.29) is 11.9 Å². The molecule has 0 fully saturated rings. The van der Waals surface area contributed by atoms with Crippen LogP contribution in [-0.2, 0) is 22.4 Å². The Bertz CT molecular complexity index is 482. The van der Waals surface area contributed by atoms with Crippen LogP contribution in [0.25, 0.3) is 0 Å². The van der Waals surface area contributed by atoms with Crippen LogP contribution in [0.4, 0.5) is 0 Å². The lowest BCUT2D eigenvalue weighted by molar-refractivity contribution is -0.139. The van der Waals surface area contributed by atoms with Crippen molar-refractivity contribution in [3.05, 3.63) is 29.3 Å². The van der Waals surface area contributed by atoms with Crippen molar-refractivity contribution >= 4 is 0 Å². The van der Waals surface area contributed by atoms with Gasteiger partial charge in [-0.05, 0) is 64.3 Å². The normalized spacial score (nSPS) is 15.7. The third-order valence-electron chi connectivity index (χ3n) is 3.95. The average Bonchev–Trinajstić information content (AvgIpc) is 2.80. The van der Waals surface area contributed by atoms with Gasteiger partial charge in [-0.25, -0.2) is 0 Å². The molecule has 1 heterocycles. The molecule has 4 heteroatoms. The van der Waals surface area contributed by atoms with Crippen LogP contribution < -0.4 is 10.1 Å². The van der Waals surface area contributed by atoms with Crippen LogP contribution in [0.3, 0.4) is 0 Å². The van der Waals surface area contributed by atoms with E-state index in [0.29, 0.717) is 13.2 Å². The fourth-order valence-corrected chi connectivity index (χ4v) is 2.99. The first-order chi connectivity index (χ1) is 11.0. The van der Waals surface area contributed by atoms with E-state index in [1.165, 1.54) is 11.1 Å². The summed E-state index contributed by atoms with van der Waals surface area (Å²) in [5.41, 5.74) is 2.57. The molecule has 0 saturated carbocycles. The zero-order valence-electron chi connectivity index (χ0n) is 15.0. The van der Waals surface area contributed by atoms with Crippen LogP contribution in [0.2, 0.25) is 0 Å². The topological polar surface area (TPSA) is 39.7 Å². The van der Waals surface area contributed by atoms with Crippen molar-refractivity contribution in [1.82, 2.24) is 5.32 Å². The molecular formula is C19H31NO3. The largest absolute Gasteiger partial charge is 0.487 e. The molecule has 0 atom stereocenters. The minimum atomic E-state index is -0.0675. The van der Waals surface area contributed by atoms with E-state index >= 15 is 0 Å². The second-order valence-electron chi connectivity index (χ2n) is 6.64. The highest BCUT2D eigenvalue weighted by molar-refractivity contribution is 5.41. The number of hydrogen-bond donors (Lipinski definition) is 1. The first-order valence-electron chi connectivity index (χ1n) is 8.79. The number of fused-ring (bicyclic) bond motifs is 1. The van der Waals surface area contributed by atoms with Gasteiger partial charge in [0.2, 0.25) is 0 Å². The summed E-state index contributed by atoms with van der Waals surface area (Å²) in [5, 5.41) is 3.50. The van der Waals surface area contributed by atoms with E-state index in [2.05, 4.69) is 37.4 Å². The molecule has 130 valence electrons. The summed E-state index contributed by atoms with van der Waals surface area (Å²) < 4.78 is 17.0. The number of benzene rings is 1. The van der Waals surface area contributed by atoms with E-state index < -0.39 is 0 Å². The lowest BCUT2D eigenvalue weighted by atomic mass is 10.0. The molecule has 1 N–H and O–H groups in total. The van der Waals surface area contributed by atoms with Crippen molar-refractivity contribution in [2.45, 2.75) is 65.4 Å². The molecule has 0 bridgehead atoms. The molecule has 0 radical (unpaired) electrons. The summed E-state index contributed by atoms with van der Waals surface area (Å²) in [4.78, 5) is 0. The van der Waals surface area contributed by atoms with Crippen molar-refractivity contribution in [2.75, 3.05) is 19.8 Å². The standard InChI is InChI=1S/C19H31NO3/c1-5-21-18(22-6-2)8-7-11-20-14-15-9-10-17-16(12-15)13-19(3,4)23-17/h9-10,12,18,20H,5-8,11,13-14H2,1-4H3. The molecule has 0 amide bonds. The summed E-state index contributed by atoms with van der Waals surface area (Å²) >= 11 is 0. The Kier molecular flexibility index (Phi) is 6.88. The molecule has 1 aromatic rings. The summed E-state index contributed by atoms with van der Waals surface area (Å²) in [6.45, 7) is 11.5. The number of hydrogen-bond acceptors (Lipinski definition) is 4. The molecule has 0 unspecified atom stereocenters. The Hall–Kier alpha value is -1.10. The van der Waals surface area contributed by atoms with Gasteiger partial charge in [-0.1, -0.05) is 12.1 Å². The molecular weight excluding hydrogens is 290 g/mol. The third-order valence-corrected chi connectivity index (χ3v) is 3.95. The van der Waals surface area contributed by atoms with Crippen molar-refractivity contribution in [3.8, 4) is 5.75 Å². The highest BCUT2D eigenvalue weighted by atomic mass is 16.7. The summed E-state index contributed by atoms with van der Waals surface area (Å²) in [7, 11) is 0. The second-order valence-corrected chi connectivity index (χ2v) is 6.64. The first kappa shape index (κ1) is 18.2. The van der Waals surface area contributed by atoms with Crippen molar-refractivity contribution in [2.24, 2.45) is 0 Å². The maximum Gasteiger partial charge on any atom is 0.157 e. The molecule has 0 aromatic heterocycles. The number of rotatable bonds is 10. The fraction of sp³-hybridized carbons (Fsp3) is 0.684. The smallest absolute Gasteiger partial charge is 0.157 e. The third kappa shape index (κ3) is 5.79. The van der Waals surface area contributed by atoms with Crippen LogP contribution in [0, 0.1) is 0 Å². The average molecular weight is 321 g/mol. The van der Waals surface area contributed by atoms with E-state index in [1.54, 1.807) is 0 Å². The molecule has 23 heavy (non-hydrogen) atoms. The Labute approximate surface area is 140 Å². The summed E-state index contributed by atoms with van der Waals surface area (Å²) in [5.74, 6) is 1.04. The molecule has 1 aliphatic rings. The van der Waals surface area contributed by atoms with Gasteiger partial charge in [0, 0.05) is 26.2 Å². The van der Waals surface area contributed by atoms with Crippen LogP contribution in [0.15, 0.2) is 18.2 Å². The SMILES string of the molecule is CCOC(CCCNCc1ccc2c(c1)CC(C)(C)O2)OCC. The Balaban J connectivity index is 1.69. The Morgan fingerprint density at radius 2 is 1.96 bits per heavy atom. The molecule has 0 saturated heterocycles. The molecule has 4 nitrogen and oxygen atoms in total. The maximum absolute atomic E-state index is 5.92.